The van der Waals surface area contributed by atoms with E-state index in [1.54, 1.807) is 0 Å². The molecule has 0 aliphatic rings. The van der Waals surface area contributed by atoms with Gasteiger partial charge in [-0.2, -0.15) is 18.2 Å². The van der Waals surface area contributed by atoms with E-state index in [1.165, 1.54) is 39.2 Å². The predicted octanol–water partition coefficient (Wildman–Crippen LogP) is 3.28. The zero-order chi connectivity index (χ0) is 14.0. The molecule has 0 unspecified atom stereocenters. The standard InChI is InChI=1S/C12H12F3NO2/c1-11(2,16-7-17)8-4-5-10(18-3)9(6-8)12(13,14)15/h4-6H,1-3H3. The smallest absolute Gasteiger partial charge is 0.419 e. The number of isocyanates is 1. The van der Waals surface area contributed by atoms with Gasteiger partial charge in [0.05, 0.1) is 18.2 Å². The van der Waals surface area contributed by atoms with Crippen LogP contribution in [-0.2, 0) is 16.5 Å². The topological polar surface area (TPSA) is 38.7 Å². The number of ether oxygens (including phenoxy) is 1. The van der Waals surface area contributed by atoms with Crippen LogP contribution in [0.2, 0.25) is 0 Å². The highest BCUT2D eigenvalue weighted by molar-refractivity contribution is 5.43. The van der Waals surface area contributed by atoms with Crippen LogP contribution in [0.3, 0.4) is 0 Å². The Hall–Kier alpha value is -1.81. The van der Waals surface area contributed by atoms with Crippen LogP contribution in [0, 0.1) is 0 Å². The van der Waals surface area contributed by atoms with Crippen LogP contribution in [0.25, 0.3) is 0 Å². The van der Waals surface area contributed by atoms with Gasteiger partial charge in [-0.25, -0.2) is 4.79 Å². The molecule has 0 amide bonds. The lowest BCUT2D eigenvalue weighted by Gasteiger charge is -2.20. The molecule has 1 rings (SSSR count). The second kappa shape index (κ2) is 4.82. The molecule has 18 heavy (non-hydrogen) atoms. The summed E-state index contributed by atoms with van der Waals surface area (Å²) in [6.45, 7) is 3.06. The van der Waals surface area contributed by atoms with Crippen molar-refractivity contribution in [3.05, 3.63) is 29.3 Å². The molecule has 0 heterocycles. The quantitative estimate of drug-likeness (QED) is 0.617. The highest BCUT2D eigenvalue weighted by Crippen LogP contribution is 2.39. The van der Waals surface area contributed by atoms with Crippen molar-refractivity contribution < 1.29 is 22.7 Å². The summed E-state index contributed by atoms with van der Waals surface area (Å²) in [6, 6.07) is 3.58. The SMILES string of the molecule is COc1ccc(C(C)(C)N=C=O)cc1C(F)(F)F. The number of benzene rings is 1. The summed E-state index contributed by atoms with van der Waals surface area (Å²) in [4.78, 5) is 13.8. The molecule has 0 N–H and O–H groups in total. The van der Waals surface area contributed by atoms with Gasteiger partial charge in [0, 0.05) is 0 Å². The van der Waals surface area contributed by atoms with Gasteiger partial charge >= 0.3 is 6.18 Å². The lowest BCUT2D eigenvalue weighted by molar-refractivity contribution is -0.138. The van der Waals surface area contributed by atoms with Crippen molar-refractivity contribution in [2.24, 2.45) is 4.99 Å². The number of aliphatic imine (C=N–C) groups is 1. The fourth-order valence-electron chi connectivity index (χ4n) is 1.49. The summed E-state index contributed by atoms with van der Waals surface area (Å²) < 4.78 is 43.1. The molecule has 0 spiro atoms. The van der Waals surface area contributed by atoms with Gasteiger partial charge in [0.15, 0.2) is 0 Å². The van der Waals surface area contributed by atoms with Crippen LogP contribution < -0.4 is 4.74 Å². The van der Waals surface area contributed by atoms with Crippen molar-refractivity contribution in [3.63, 3.8) is 0 Å². The summed E-state index contributed by atoms with van der Waals surface area (Å²) in [5, 5.41) is 0. The second-order valence-electron chi connectivity index (χ2n) is 4.17. The van der Waals surface area contributed by atoms with Crippen molar-refractivity contribution in [1.82, 2.24) is 0 Å². The van der Waals surface area contributed by atoms with Crippen molar-refractivity contribution in [3.8, 4) is 5.75 Å². The Morgan fingerprint density at radius 2 is 1.89 bits per heavy atom. The lowest BCUT2D eigenvalue weighted by Crippen LogP contribution is -2.16. The van der Waals surface area contributed by atoms with Crippen molar-refractivity contribution in [2.75, 3.05) is 7.11 Å². The molecule has 0 fully saturated rings. The van der Waals surface area contributed by atoms with Crippen LogP contribution in [0.1, 0.15) is 25.0 Å². The van der Waals surface area contributed by atoms with E-state index in [4.69, 9.17) is 0 Å². The van der Waals surface area contributed by atoms with E-state index in [0.29, 0.717) is 0 Å². The minimum absolute atomic E-state index is 0.263. The molecule has 1 aromatic rings. The second-order valence-corrected chi connectivity index (χ2v) is 4.17. The first kappa shape index (κ1) is 14.3. The third-order valence-corrected chi connectivity index (χ3v) is 2.54. The van der Waals surface area contributed by atoms with Crippen molar-refractivity contribution in [2.45, 2.75) is 25.6 Å². The van der Waals surface area contributed by atoms with Crippen molar-refractivity contribution in [1.29, 1.82) is 0 Å². The Morgan fingerprint density at radius 1 is 1.28 bits per heavy atom. The molecule has 0 aliphatic carbocycles. The van der Waals surface area contributed by atoms with E-state index in [1.807, 2.05) is 0 Å². The van der Waals surface area contributed by atoms with Crippen LogP contribution in [0.15, 0.2) is 23.2 Å². The molecule has 98 valence electrons. The maximum Gasteiger partial charge on any atom is 0.419 e. The van der Waals surface area contributed by atoms with Crippen LogP contribution in [0.5, 0.6) is 5.75 Å². The number of rotatable bonds is 3. The molecule has 0 atom stereocenters. The molecule has 0 radical (unpaired) electrons. The molecule has 0 aliphatic heterocycles. The van der Waals surface area contributed by atoms with Gasteiger partial charge in [0.1, 0.15) is 5.75 Å². The summed E-state index contributed by atoms with van der Waals surface area (Å²) in [7, 11) is 1.17. The minimum atomic E-state index is -4.53. The van der Waals surface area contributed by atoms with Gasteiger partial charge in [-0.05, 0) is 31.5 Å². The van der Waals surface area contributed by atoms with E-state index in [9.17, 15) is 18.0 Å². The van der Waals surface area contributed by atoms with E-state index < -0.39 is 17.3 Å². The van der Waals surface area contributed by atoms with Gasteiger partial charge in [-0.3, -0.25) is 0 Å². The predicted molar refractivity (Wildman–Crippen MR) is 59.1 cm³/mol. The first-order valence-electron chi connectivity index (χ1n) is 5.07. The zero-order valence-electron chi connectivity index (χ0n) is 10.1. The summed E-state index contributed by atoms with van der Waals surface area (Å²) in [5.41, 5.74) is -1.69. The Bertz CT molecular complexity index is 489. The summed E-state index contributed by atoms with van der Waals surface area (Å²) >= 11 is 0. The molecule has 0 saturated heterocycles. The zero-order valence-corrected chi connectivity index (χ0v) is 10.1. The maximum absolute atomic E-state index is 12.8. The molecule has 0 bridgehead atoms. The number of carbonyl (C=O) groups excluding carboxylic acids is 1. The number of hydrogen-bond donors (Lipinski definition) is 0. The molecule has 1 aromatic carbocycles. The number of methoxy groups -OCH3 is 1. The molecule has 6 heteroatoms. The third kappa shape index (κ3) is 2.90. The summed E-state index contributed by atoms with van der Waals surface area (Å²) in [5.74, 6) is -0.267. The first-order chi connectivity index (χ1) is 8.22. The number of nitrogens with zero attached hydrogens (tertiary/aromatic N) is 1. The number of alkyl halides is 3. The van der Waals surface area contributed by atoms with Gasteiger partial charge < -0.3 is 4.74 Å². The van der Waals surface area contributed by atoms with E-state index >= 15 is 0 Å². The average Bonchev–Trinajstić information content (AvgIpc) is 2.27. The summed E-state index contributed by atoms with van der Waals surface area (Å²) in [6.07, 6.45) is -3.17. The highest BCUT2D eigenvalue weighted by atomic mass is 19.4. The van der Waals surface area contributed by atoms with Gasteiger partial charge in [-0.15, -0.1) is 0 Å². The fraction of sp³-hybridized carbons (Fsp3) is 0.417. The van der Waals surface area contributed by atoms with Gasteiger partial charge in [0.25, 0.3) is 0 Å². The van der Waals surface area contributed by atoms with E-state index in [-0.39, 0.29) is 11.3 Å². The van der Waals surface area contributed by atoms with Gasteiger partial charge in [0.2, 0.25) is 6.08 Å². The highest BCUT2D eigenvalue weighted by Gasteiger charge is 2.35. The Morgan fingerprint density at radius 3 is 2.33 bits per heavy atom. The average molecular weight is 259 g/mol. The monoisotopic (exact) mass is 259 g/mol. The first-order valence-corrected chi connectivity index (χ1v) is 5.07. The van der Waals surface area contributed by atoms with Gasteiger partial charge in [-0.1, -0.05) is 6.07 Å². The normalized spacial score (nSPS) is 11.9. The lowest BCUT2D eigenvalue weighted by atomic mass is 9.93. The third-order valence-electron chi connectivity index (χ3n) is 2.54. The molecule has 3 nitrogen and oxygen atoms in total. The Kier molecular flexibility index (Phi) is 3.82. The molecular weight excluding hydrogens is 247 g/mol. The fourth-order valence-corrected chi connectivity index (χ4v) is 1.49. The molecule has 0 aromatic heterocycles. The minimum Gasteiger partial charge on any atom is -0.496 e. The molecular formula is C12H12F3NO2. The van der Waals surface area contributed by atoms with E-state index in [0.717, 1.165) is 6.07 Å². The van der Waals surface area contributed by atoms with E-state index in [2.05, 4.69) is 9.73 Å². The largest absolute Gasteiger partial charge is 0.496 e. The van der Waals surface area contributed by atoms with Crippen LogP contribution >= 0.6 is 0 Å². The van der Waals surface area contributed by atoms with Crippen LogP contribution in [0.4, 0.5) is 13.2 Å². The Labute approximate surface area is 102 Å². The Balaban J connectivity index is 3.40. The van der Waals surface area contributed by atoms with Crippen LogP contribution in [-0.4, -0.2) is 13.2 Å². The van der Waals surface area contributed by atoms with Crippen molar-refractivity contribution >= 4 is 6.08 Å². The number of hydrogen-bond acceptors (Lipinski definition) is 3. The molecule has 0 saturated carbocycles. The number of halogens is 3. The maximum atomic E-state index is 12.8.